The van der Waals surface area contributed by atoms with Crippen LogP contribution in [0.3, 0.4) is 0 Å². The van der Waals surface area contributed by atoms with Crippen LogP contribution in [0.1, 0.15) is 45.1 Å². The Morgan fingerprint density at radius 3 is 2.44 bits per heavy atom. The zero-order chi connectivity index (χ0) is 13.6. The Morgan fingerprint density at radius 1 is 1.22 bits per heavy atom. The fourth-order valence-electron chi connectivity index (χ4n) is 2.20. The number of benzene rings is 1. The van der Waals surface area contributed by atoms with Gasteiger partial charge >= 0.3 is 0 Å². The molecule has 1 atom stereocenters. The molecule has 1 rings (SSSR count). The maximum absolute atomic E-state index is 11.5. The van der Waals surface area contributed by atoms with E-state index in [2.05, 4.69) is 13.8 Å². The van der Waals surface area contributed by atoms with Gasteiger partial charge in [0.15, 0.2) is 0 Å². The average Bonchev–Trinajstić information content (AvgIpc) is 2.33. The van der Waals surface area contributed by atoms with E-state index in [-0.39, 0.29) is 4.90 Å². The molecule has 0 bridgehead atoms. The van der Waals surface area contributed by atoms with Gasteiger partial charge in [0.05, 0.1) is 4.90 Å². The Morgan fingerprint density at radius 2 is 1.89 bits per heavy atom. The normalized spacial score (nSPS) is 13.5. The highest BCUT2D eigenvalue weighted by Crippen LogP contribution is 2.22. The van der Waals surface area contributed by atoms with Gasteiger partial charge in [-0.15, -0.1) is 0 Å². The molecule has 18 heavy (non-hydrogen) atoms. The molecular formula is C14H23NO2S. The molecule has 1 aromatic rings. The summed E-state index contributed by atoms with van der Waals surface area (Å²) in [5.41, 5.74) is 0.850. The number of unbranched alkanes of at least 4 members (excludes halogenated alkanes) is 1. The maximum Gasteiger partial charge on any atom is 0.238 e. The molecule has 0 aliphatic heterocycles. The summed E-state index contributed by atoms with van der Waals surface area (Å²) in [6.07, 6.45) is 5.37. The van der Waals surface area contributed by atoms with Crippen LogP contribution in [0.15, 0.2) is 29.2 Å². The fourth-order valence-corrected chi connectivity index (χ4v) is 2.99. The standard InChI is InChI=1S/C14H23NO2S/c1-3-5-8-12(4-2)11-13-9-6-7-10-14(13)18(15,16)17/h6-7,9-10,12H,3-5,8,11H2,1-2H3,(H2,15,16,17). The number of primary sulfonamides is 1. The van der Waals surface area contributed by atoms with E-state index in [1.54, 1.807) is 12.1 Å². The predicted molar refractivity (Wildman–Crippen MR) is 74.8 cm³/mol. The highest BCUT2D eigenvalue weighted by molar-refractivity contribution is 7.89. The van der Waals surface area contributed by atoms with Crippen molar-refractivity contribution in [2.75, 3.05) is 0 Å². The van der Waals surface area contributed by atoms with Crippen molar-refractivity contribution in [1.82, 2.24) is 0 Å². The minimum Gasteiger partial charge on any atom is -0.225 e. The lowest BCUT2D eigenvalue weighted by Crippen LogP contribution is -2.16. The molecule has 0 radical (unpaired) electrons. The van der Waals surface area contributed by atoms with E-state index in [9.17, 15) is 8.42 Å². The van der Waals surface area contributed by atoms with Gasteiger partial charge in [0, 0.05) is 0 Å². The highest BCUT2D eigenvalue weighted by atomic mass is 32.2. The quantitative estimate of drug-likeness (QED) is 0.827. The Kier molecular flexibility index (Phi) is 5.82. The van der Waals surface area contributed by atoms with Crippen LogP contribution in [0.5, 0.6) is 0 Å². The zero-order valence-corrected chi connectivity index (χ0v) is 12.0. The van der Waals surface area contributed by atoms with Crippen LogP contribution in [-0.2, 0) is 16.4 Å². The van der Waals surface area contributed by atoms with Crippen LogP contribution < -0.4 is 5.14 Å². The first-order valence-corrected chi connectivity index (χ1v) is 8.14. The van der Waals surface area contributed by atoms with Gasteiger partial charge in [-0.2, -0.15) is 0 Å². The second-order valence-electron chi connectivity index (χ2n) is 4.77. The Hall–Kier alpha value is -0.870. The molecule has 0 heterocycles. The van der Waals surface area contributed by atoms with E-state index in [0.717, 1.165) is 24.8 Å². The summed E-state index contributed by atoms with van der Waals surface area (Å²) < 4.78 is 23.0. The minimum absolute atomic E-state index is 0.278. The number of sulfonamides is 1. The first kappa shape index (κ1) is 15.2. The van der Waals surface area contributed by atoms with Crippen molar-refractivity contribution in [3.8, 4) is 0 Å². The number of hydrogen-bond donors (Lipinski definition) is 1. The van der Waals surface area contributed by atoms with Crippen molar-refractivity contribution in [3.63, 3.8) is 0 Å². The Labute approximate surface area is 110 Å². The van der Waals surface area contributed by atoms with Crippen molar-refractivity contribution in [1.29, 1.82) is 0 Å². The number of hydrogen-bond acceptors (Lipinski definition) is 2. The summed E-state index contributed by atoms with van der Waals surface area (Å²) >= 11 is 0. The summed E-state index contributed by atoms with van der Waals surface area (Å²) in [7, 11) is -3.61. The molecule has 4 heteroatoms. The van der Waals surface area contributed by atoms with Crippen LogP contribution in [0.25, 0.3) is 0 Å². The number of nitrogens with two attached hydrogens (primary N) is 1. The molecule has 0 aromatic heterocycles. The molecule has 1 aromatic carbocycles. The summed E-state index contributed by atoms with van der Waals surface area (Å²) in [5, 5.41) is 5.25. The first-order chi connectivity index (χ1) is 8.49. The highest BCUT2D eigenvalue weighted by Gasteiger charge is 2.16. The number of rotatable bonds is 7. The molecule has 0 amide bonds. The lowest BCUT2D eigenvalue weighted by Gasteiger charge is -2.16. The SMILES string of the molecule is CCCCC(CC)Cc1ccccc1S(N)(=O)=O. The smallest absolute Gasteiger partial charge is 0.225 e. The van der Waals surface area contributed by atoms with E-state index < -0.39 is 10.0 Å². The summed E-state index contributed by atoms with van der Waals surface area (Å²) in [4.78, 5) is 0.278. The van der Waals surface area contributed by atoms with Gasteiger partial charge in [-0.25, -0.2) is 13.6 Å². The van der Waals surface area contributed by atoms with Crippen LogP contribution in [-0.4, -0.2) is 8.42 Å². The van der Waals surface area contributed by atoms with Crippen molar-refractivity contribution in [2.24, 2.45) is 11.1 Å². The molecule has 2 N–H and O–H groups in total. The molecule has 0 saturated carbocycles. The van der Waals surface area contributed by atoms with Gasteiger partial charge in [-0.05, 0) is 24.0 Å². The largest absolute Gasteiger partial charge is 0.238 e. The molecule has 1 unspecified atom stereocenters. The van der Waals surface area contributed by atoms with E-state index in [0.29, 0.717) is 5.92 Å². The van der Waals surface area contributed by atoms with Crippen LogP contribution >= 0.6 is 0 Å². The third-order valence-electron chi connectivity index (χ3n) is 3.33. The molecular weight excluding hydrogens is 246 g/mol. The van der Waals surface area contributed by atoms with Gasteiger partial charge in [0.1, 0.15) is 0 Å². The van der Waals surface area contributed by atoms with Crippen LogP contribution in [0, 0.1) is 5.92 Å². The van der Waals surface area contributed by atoms with E-state index in [1.807, 2.05) is 12.1 Å². The van der Waals surface area contributed by atoms with Crippen molar-refractivity contribution < 1.29 is 8.42 Å². The lowest BCUT2D eigenvalue weighted by atomic mass is 9.92. The molecule has 0 aliphatic carbocycles. The van der Waals surface area contributed by atoms with E-state index >= 15 is 0 Å². The third-order valence-corrected chi connectivity index (χ3v) is 4.34. The van der Waals surface area contributed by atoms with Gasteiger partial charge in [0.25, 0.3) is 0 Å². The average molecular weight is 269 g/mol. The van der Waals surface area contributed by atoms with Crippen molar-refractivity contribution >= 4 is 10.0 Å². The Bertz CT molecular complexity index is 468. The van der Waals surface area contributed by atoms with Crippen molar-refractivity contribution in [2.45, 2.75) is 50.8 Å². The topological polar surface area (TPSA) is 60.2 Å². The fraction of sp³-hybridized carbons (Fsp3) is 0.571. The summed E-state index contributed by atoms with van der Waals surface area (Å²) in [5.74, 6) is 0.535. The van der Waals surface area contributed by atoms with Gasteiger partial charge < -0.3 is 0 Å². The molecule has 0 aliphatic rings. The van der Waals surface area contributed by atoms with Crippen molar-refractivity contribution in [3.05, 3.63) is 29.8 Å². The third kappa shape index (κ3) is 4.42. The summed E-state index contributed by atoms with van der Waals surface area (Å²) in [6.45, 7) is 4.32. The minimum atomic E-state index is -3.61. The molecule has 0 spiro atoms. The van der Waals surface area contributed by atoms with E-state index in [1.165, 1.54) is 12.8 Å². The monoisotopic (exact) mass is 269 g/mol. The van der Waals surface area contributed by atoms with E-state index in [4.69, 9.17) is 5.14 Å². The second-order valence-corrected chi connectivity index (χ2v) is 6.30. The molecule has 3 nitrogen and oxygen atoms in total. The Balaban J connectivity index is 2.89. The zero-order valence-electron chi connectivity index (χ0n) is 11.2. The summed E-state index contributed by atoms with van der Waals surface area (Å²) in [6, 6.07) is 7.05. The van der Waals surface area contributed by atoms with Crippen LogP contribution in [0.4, 0.5) is 0 Å². The maximum atomic E-state index is 11.5. The second kappa shape index (κ2) is 6.90. The molecule has 102 valence electrons. The van der Waals surface area contributed by atoms with Gasteiger partial charge in [-0.3, -0.25) is 0 Å². The van der Waals surface area contributed by atoms with Gasteiger partial charge in [0.2, 0.25) is 10.0 Å². The molecule has 0 saturated heterocycles. The van der Waals surface area contributed by atoms with Gasteiger partial charge in [-0.1, -0.05) is 57.7 Å². The van der Waals surface area contributed by atoms with Crippen LogP contribution in [0.2, 0.25) is 0 Å². The predicted octanol–water partition coefficient (Wildman–Crippen LogP) is 3.09. The first-order valence-electron chi connectivity index (χ1n) is 6.59. The lowest BCUT2D eigenvalue weighted by molar-refractivity contribution is 0.446. The molecule has 0 fully saturated rings.